The van der Waals surface area contributed by atoms with E-state index in [-0.39, 0.29) is 24.3 Å². The van der Waals surface area contributed by atoms with Crippen molar-refractivity contribution >= 4 is 5.97 Å². The van der Waals surface area contributed by atoms with Crippen LogP contribution >= 0.6 is 0 Å². The maximum atomic E-state index is 11.7. The molecule has 0 aliphatic heterocycles. The van der Waals surface area contributed by atoms with Gasteiger partial charge in [0, 0.05) is 26.4 Å². The minimum atomic E-state index is -0.193. The molecule has 1 rings (SSSR count). The normalized spacial score (nSPS) is 14.5. The molecule has 0 N–H and O–H groups in total. The van der Waals surface area contributed by atoms with Crippen molar-refractivity contribution in [2.75, 3.05) is 7.11 Å². The highest BCUT2D eigenvalue weighted by Gasteiger charge is 2.22. The molecule has 0 saturated heterocycles. The zero-order valence-corrected chi connectivity index (χ0v) is 16.7. The van der Waals surface area contributed by atoms with Gasteiger partial charge in [-0.25, -0.2) is 0 Å². The first-order valence-corrected chi connectivity index (χ1v) is 9.52. The third-order valence-corrected chi connectivity index (χ3v) is 4.43. The van der Waals surface area contributed by atoms with Crippen LogP contribution in [0.2, 0.25) is 0 Å². The number of ether oxygens (including phenoxy) is 3. The monoisotopic (exact) mass is 362 g/mol. The van der Waals surface area contributed by atoms with Crippen molar-refractivity contribution in [2.45, 2.75) is 77.8 Å². The summed E-state index contributed by atoms with van der Waals surface area (Å²) in [5, 5.41) is 0. The molecule has 0 amide bonds. The second kappa shape index (κ2) is 12.7. The lowest BCUT2D eigenvalue weighted by Crippen LogP contribution is -2.28. The highest BCUT2D eigenvalue weighted by atomic mass is 16.5. The Morgan fingerprint density at radius 3 is 2.35 bits per heavy atom. The zero-order valence-electron chi connectivity index (χ0n) is 16.7. The van der Waals surface area contributed by atoms with Crippen molar-refractivity contribution in [3.8, 4) is 0 Å². The van der Waals surface area contributed by atoms with Crippen molar-refractivity contribution in [1.29, 1.82) is 0 Å². The van der Waals surface area contributed by atoms with Gasteiger partial charge in [-0.2, -0.15) is 0 Å². The Bertz CT molecular complexity index is 508. The van der Waals surface area contributed by atoms with Crippen molar-refractivity contribution < 1.29 is 19.0 Å². The summed E-state index contributed by atoms with van der Waals surface area (Å²) >= 11 is 0. The zero-order chi connectivity index (χ0) is 19.4. The van der Waals surface area contributed by atoms with Crippen LogP contribution in [0.4, 0.5) is 0 Å². The molecule has 0 aliphatic carbocycles. The molecule has 0 radical (unpaired) electrons. The molecule has 1 aromatic rings. The van der Waals surface area contributed by atoms with Gasteiger partial charge in [0.1, 0.15) is 6.10 Å². The van der Waals surface area contributed by atoms with Crippen LogP contribution in [0.5, 0.6) is 0 Å². The van der Waals surface area contributed by atoms with Gasteiger partial charge in [-0.05, 0) is 25.3 Å². The third-order valence-electron chi connectivity index (χ3n) is 4.43. The summed E-state index contributed by atoms with van der Waals surface area (Å²) in [7, 11) is 1.70. The van der Waals surface area contributed by atoms with E-state index in [4.69, 9.17) is 14.2 Å². The number of methoxy groups -OCH3 is 1. The molecule has 146 valence electrons. The van der Waals surface area contributed by atoms with E-state index in [9.17, 15) is 4.79 Å². The van der Waals surface area contributed by atoms with Crippen LogP contribution in [0.1, 0.15) is 58.4 Å². The van der Waals surface area contributed by atoms with Gasteiger partial charge in [0.2, 0.25) is 0 Å². The molecule has 0 spiro atoms. The van der Waals surface area contributed by atoms with Crippen LogP contribution in [0, 0.1) is 0 Å². The molecule has 0 aromatic heterocycles. The van der Waals surface area contributed by atoms with Crippen LogP contribution in [0.3, 0.4) is 0 Å². The fraction of sp³-hybridized carbons (Fsp3) is 0.591. The lowest BCUT2D eigenvalue weighted by Gasteiger charge is -2.25. The lowest BCUT2D eigenvalue weighted by molar-refractivity contribution is -0.150. The van der Waals surface area contributed by atoms with Crippen LogP contribution in [0.25, 0.3) is 0 Å². The van der Waals surface area contributed by atoms with Crippen molar-refractivity contribution in [2.24, 2.45) is 0 Å². The molecular weight excluding hydrogens is 328 g/mol. The van der Waals surface area contributed by atoms with E-state index in [1.165, 1.54) is 0 Å². The molecule has 0 fully saturated rings. The van der Waals surface area contributed by atoms with E-state index in [0.29, 0.717) is 25.9 Å². The molecule has 1 aromatic carbocycles. The summed E-state index contributed by atoms with van der Waals surface area (Å²) in [4.78, 5) is 11.7. The summed E-state index contributed by atoms with van der Waals surface area (Å²) in [6.45, 7) is 10.5. The van der Waals surface area contributed by atoms with Gasteiger partial charge < -0.3 is 14.2 Å². The fourth-order valence-corrected chi connectivity index (χ4v) is 2.74. The molecule has 3 atom stereocenters. The smallest absolute Gasteiger partial charge is 0.305 e. The predicted octanol–water partition coefficient (Wildman–Crippen LogP) is 5.07. The number of benzene rings is 1. The minimum Gasteiger partial charge on any atom is -0.462 e. The highest BCUT2D eigenvalue weighted by molar-refractivity contribution is 5.69. The average molecular weight is 363 g/mol. The Balaban J connectivity index is 2.54. The first kappa shape index (κ1) is 22.4. The fourth-order valence-electron chi connectivity index (χ4n) is 2.74. The van der Waals surface area contributed by atoms with Crippen LogP contribution in [-0.4, -0.2) is 31.4 Å². The van der Waals surface area contributed by atoms with Gasteiger partial charge >= 0.3 is 5.97 Å². The Morgan fingerprint density at radius 2 is 1.77 bits per heavy atom. The SMILES string of the molecule is C=C(CC)C[C@H](C[C@@H](C[C@@H](C)OCc1ccccc1)OC)OC(=O)CC. The second-order valence-corrected chi connectivity index (χ2v) is 6.71. The summed E-state index contributed by atoms with van der Waals surface area (Å²) in [5.41, 5.74) is 2.24. The van der Waals surface area contributed by atoms with Gasteiger partial charge in [-0.15, -0.1) is 0 Å². The molecule has 26 heavy (non-hydrogen) atoms. The van der Waals surface area contributed by atoms with E-state index >= 15 is 0 Å². The van der Waals surface area contributed by atoms with Gasteiger partial charge in [-0.1, -0.05) is 56.3 Å². The van der Waals surface area contributed by atoms with Crippen molar-refractivity contribution in [1.82, 2.24) is 0 Å². The van der Waals surface area contributed by atoms with Crippen molar-refractivity contribution in [3.63, 3.8) is 0 Å². The Labute approximate surface area is 158 Å². The number of rotatable bonds is 13. The molecule has 4 heteroatoms. The number of carbonyl (C=O) groups is 1. The third kappa shape index (κ3) is 9.16. The van der Waals surface area contributed by atoms with Crippen LogP contribution < -0.4 is 0 Å². The minimum absolute atomic E-state index is 0.0277. The predicted molar refractivity (Wildman–Crippen MR) is 105 cm³/mol. The number of hydrogen-bond acceptors (Lipinski definition) is 4. The van der Waals surface area contributed by atoms with E-state index in [1.54, 1.807) is 14.0 Å². The van der Waals surface area contributed by atoms with E-state index in [2.05, 4.69) is 25.6 Å². The summed E-state index contributed by atoms with van der Waals surface area (Å²) in [6.07, 6.45) is 3.18. The molecule has 4 nitrogen and oxygen atoms in total. The van der Waals surface area contributed by atoms with Gasteiger partial charge in [0.05, 0.1) is 18.8 Å². The molecule has 0 saturated carbocycles. The summed E-state index contributed by atoms with van der Waals surface area (Å²) < 4.78 is 17.2. The van der Waals surface area contributed by atoms with Gasteiger partial charge in [0.15, 0.2) is 0 Å². The molecule has 0 aliphatic rings. The lowest BCUT2D eigenvalue weighted by atomic mass is 9.99. The largest absolute Gasteiger partial charge is 0.462 e. The van der Waals surface area contributed by atoms with Crippen LogP contribution in [-0.2, 0) is 25.6 Å². The molecule has 0 bridgehead atoms. The molecular formula is C22H34O4. The van der Waals surface area contributed by atoms with E-state index in [1.807, 2.05) is 25.1 Å². The van der Waals surface area contributed by atoms with E-state index in [0.717, 1.165) is 24.0 Å². The van der Waals surface area contributed by atoms with E-state index < -0.39 is 0 Å². The second-order valence-electron chi connectivity index (χ2n) is 6.71. The molecule has 0 unspecified atom stereocenters. The maximum absolute atomic E-state index is 11.7. The average Bonchev–Trinajstić information content (AvgIpc) is 2.66. The topological polar surface area (TPSA) is 44.8 Å². The number of hydrogen-bond donors (Lipinski definition) is 0. The van der Waals surface area contributed by atoms with Crippen LogP contribution in [0.15, 0.2) is 42.5 Å². The van der Waals surface area contributed by atoms with Gasteiger partial charge in [0.25, 0.3) is 0 Å². The Kier molecular flexibility index (Phi) is 10.9. The van der Waals surface area contributed by atoms with Crippen molar-refractivity contribution in [3.05, 3.63) is 48.0 Å². The Morgan fingerprint density at radius 1 is 1.08 bits per heavy atom. The maximum Gasteiger partial charge on any atom is 0.305 e. The molecule has 0 heterocycles. The first-order valence-electron chi connectivity index (χ1n) is 9.52. The van der Waals surface area contributed by atoms with Gasteiger partial charge in [-0.3, -0.25) is 4.79 Å². The quantitative estimate of drug-likeness (QED) is 0.363. The standard InChI is InChI=1S/C22H34O4/c1-6-17(3)13-21(26-22(23)7-2)15-20(24-5)14-18(4)25-16-19-11-9-8-10-12-19/h8-12,18,20-21H,3,6-7,13-16H2,1-2,4-5H3/t18-,20-,21-/m1/s1. The number of esters is 1. The Hall–Kier alpha value is -1.65. The highest BCUT2D eigenvalue weighted by Crippen LogP contribution is 2.20. The number of carbonyl (C=O) groups excluding carboxylic acids is 1. The first-order chi connectivity index (χ1) is 12.5. The summed E-state index contributed by atoms with van der Waals surface area (Å²) in [5.74, 6) is -0.179. The summed E-state index contributed by atoms with van der Waals surface area (Å²) in [6, 6.07) is 10.1.